The number of carboxylic acid groups (broad SMARTS) is 1. The quantitative estimate of drug-likeness (QED) is 0.682. The van der Waals surface area contributed by atoms with Crippen molar-refractivity contribution in [2.75, 3.05) is 25.6 Å². The van der Waals surface area contributed by atoms with Gasteiger partial charge in [-0.05, 0) is 0 Å². The third-order valence-electron chi connectivity index (χ3n) is 1.64. The Morgan fingerprint density at radius 1 is 1.43 bits per heavy atom. The number of hydrogen-bond acceptors (Lipinski definition) is 3. The van der Waals surface area contributed by atoms with E-state index in [4.69, 9.17) is 5.11 Å². The van der Waals surface area contributed by atoms with Crippen molar-refractivity contribution in [1.82, 2.24) is 4.90 Å². The van der Waals surface area contributed by atoms with Gasteiger partial charge in [-0.25, -0.2) is 0 Å². The Hall–Kier alpha value is -0.910. The molecule has 0 saturated heterocycles. The molecule has 0 fully saturated rings. The number of hydrogen-bond donors (Lipinski definition) is 1. The molecule has 5 nitrogen and oxygen atoms in total. The summed E-state index contributed by atoms with van der Waals surface area (Å²) in [5.74, 6) is -2.00. The lowest BCUT2D eigenvalue weighted by atomic mass is 10.2. The van der Waals surface area contributed by atoms with Crippen molar-refractivity contribution in [3.63, 3.8) is 0 Å². The van der Waals surface area contributed by atoms with Gasteiger partial charge in [-0.3, -0.25) is 13.8 Å². The minimum atomic E-state index is -1.39. The van der Waals surface area contributed by atoms with Gasteiger partial charge in [0.05, 0.1) is 5.92 Å². The predicted octanol–water partition coefficient (Wildman–Crippen LogP) is -0.456. The molecule has 0 aromatic heterocycles. The molecule has 2 unspecified atom stereocenters. The zero-order chi connectivity index (χ0) is 11.3. The predicted molar refractivity (Wildman–Crippen MR) is 53.4 cm³/mol. The van der Waals surface area contributed by atoms with Gasteiger partial charge >= 0.3 is 5.97 Å². The van der Waals surface area contributed by atoms with Gasteiger partial charge in [0.2, 0.25) is 5.91 Å². The maximum absolute atomic E-state index is 11.3. The van der Waals surface area contributed by atoms with Gasteiger partial charge in [0.25, 0.3) is 0 Å². The average molecular weight is 221 g/mol. The smallest absolute Gasteiger partial charge is 0.307 e. The minimum Gasteiger partial charge on any atom is -0.481 e. The largest absolute Gasteiger partial charge is 0.481 e. The summed E-state index contributed by atoms with van der Waals surface area (Å²) >= 11 is 0. The second-order valence-corrected chi connectivity index (χ2v) is 4.78. The molecule has 0 spiro atoms. The molecule has 14 heavy (non-hydrogen) atoms. The van der Waals surface area contributed by atoms with Gasteiger partial charge in [-0.2, -0.15) is 0 Å². The van der Waals surface area contributed by atoms with Crippen LogP contribution in [0.4, 0.5) is 0 Å². The molecule has 0 aliphatic heterocycles. The first-order chi connectivity index (χ1) is 6.34. The maximum atomic E-state index is 11.3. The Morgan fingerprint density at radius 3 is 2.29 bits per heavy atom. The van der Waals surface area contributed by atoms with E-state index >= 15 is 0 Å². The zero-order valence-electron chi connectivity index (χ0n) is 8.52. The third kappa shape index (κ3) is 4.96. The van der Waals surface area contributed by atoms with Gasteiger partial charge in [0.15, 0.2) is 0 Å². The number of rotatable bonds is 5. The number of carboxylic acids is 1. The normalized spacial score (nSPS) is 14.5. The summed E-state index contributed by atoms with van der Waals surface area (Å²) in [6.07, 6.45) is 0. The third-order valence-corrected chi connectivity index (χ3v) is 3.08. The molecule has 2 atom stereocenters. The molecule has 0 heterocycles. The van der Waals surface area contributed by atoms with Gasteiger partial charge in [0.1, 0.15) is 5.75 Å². The molecule has 0 aromatic carbocycles. The fourth-order valence-corrected chi connectivity index (χ4v) is 2.03. The fourth-order valence-electron chi connectivity index (χ4n) is 0.676. The average Bonchev–Trinajstić information content (AvgIpc) is 2.03. The molecule has 0 aliphatic carbocycles. The van der Waals surface area contributed by atoms with Crippen LogP contribution in [0.1, 0.15) is 6.92 Å². The second kappa shape index (κ2) is 5.74. The van der Waals surface area contributed by atoms with E-state index in [9.17, 15) is 13.8 Å². The molecule has 0 radical (unpaired) electrons. The summed E-state index contributed by atoms with van der Waals surface area (Å²) < 4.78 is 11.3. The topological polar surface area (TPSA) is 74.7 Å². The first kappa shape index (κ1) is 13.1. The molecule has 1 amide bonds. The van der Waals surface area contributed by atoms with Gasteiger partial charge < -0.3 is 10.0 Å². The molecule has 6 heteroatoms. The van der Waals surface area contributed by atoms with Crippen LogP contribution in [0.15, 0.2) is 0 Å². The molecule has 1 N–H and O–H groups in total. The number of nitrogens with zero attached hydrogens (tertiary/aromatic N) is 1. The van der Waals surface area contributed by atoms with Gasteiger partial charge in [-0.15, -0.1) is 0 Å². The summed E-state index contributed by atoms with van der Waals surface area (Å²) in [6, 6.07) is 0. The summed E-state index contributed by atoms with van der Waals surface area (Å²) in [4.78, 5) is 22.9. The highest BCUT2D eigenvalue weighted by atomic mass is 32.2. The lowest BCUT2D eigenvalue weighted by molar-refractivity contribution is -0.140. The molecule has 0 saturated carbocycles. The van der Waals surface area contributed by atoms with Crippen molar-refractivity contribution in [2.45, 2.75) is 6.92 Å². The number of carbonyl (C=O) groups is 2. The van der Waals surface area contributed by atoms with Gasteiger partial charge in [-0.1, -0.05) is 6.92 Å². The Kier molecular flexibility index (Phi) is 5.37. The van der Waals surface area contributed by atoms with Crippen LogP contribution in [0.2, 0.25) is 0 Å². The van der Waals surface area contributed by atoms with Crippen molar-refractivity contribution in [3.05, 3.63) is 0 Å². The summed E-state index contributed by atoms with van der Waals surface area (Å²) in [5.41, 5.74) is 0. The van der Waals surface area contributed by atoms with Crippen molar-refractivity contribution in [3.8, 4) is 0 Å². The van der Waals surface area contributed by atoms with Crippen molar-refractivity contribution >= 4 is 22.7 Å². The number of amides is 1. The Morgan fingerprint density at radius 2 is 1.93 bits per heavy atom. The van der Waals surface area contributed by atoms with E-state index in [1.165, 1.54) is 11.8 Å². The summed E-state index contributed by atoms with van der Waals surface area (Å²) in [6.45, 7) is 1.47. The second-order valence-electron chi connectivity index (χ2n) is 3.28. The maximum Gasteiger partial charge on any atom is 0.307 e. The van der Waals surface area contributed by atoms with Crippen molar-refractivity contribution in [1.29, 1.82) is 0 Å². The molecule has 0 rings (SSSR count). The first-order valence-corrected chi connectivity index (χ1v) is 5.61. The van der Waals surface area contributed by atoms with E-state index < -0.39 is 22.7 Å². The van der Waals surface area contributed by atoms with Crippen LogP contribution in [-0.2, 0) is 20.4 Å². The Labute approximate surface area is 85.5 Å². The van der Waals surface area contributed by atoms with Gasteiger partial charge in [0, 0.05) is 30.6 Å². The van der Waals surface area contributed by atoms with E-state index in [-0.39, 0.29) is 17.4 Å². The molecule has 82 valence electrons. The minimum absolute atomic E-state index is 0.0227. The molecule has 0 aliphatic rings. The standard InChI is InChI=1S/C8H15NO4S/c1-6(8(11)12)4-14(13)5-7(10)9(2)3/h6H,4-5H2,1-3H3,(H,11,12). The van der Waals surface area contributed by atoms with E-state index in [2.05, 4.69) is 0 Å². The van der Waals surface area contributed by atoms with Crippen molar-refractivity contribution < 1.29 is 18.9 Å². The summed E-state index contributed by atoms with van der Waals surface area (Å²) in [5, 5.41) is 8.54. The van der Waals surface area contributed by atoms with Crippen LogP contribution >= 0.6 is 0 Å². The van der Waals surface area contributed by atoms with Crippen LogP contribution in [0.25, 0.3) is 0 Å². The number of carbonyl (C=O) groups excluding carboxylic acids is 1. The lowest BCUT2D eigenvalue weighted by Crippen LogP contribution is -2.29. The number of aliphatic carboxylic acids is 1. The summed E-state index contributed by atoms with van der Waals surface area (Å²) in [7, 11) is 1.75. The Bertz CT molecular complexity index is 252. The lowest BCUT2D eigenvalue weighted by Gasteiger charge is -2.10. The van der Waals surface area contributed by atoms with Crippen molar-refractivity contribution in [2.24, 2.45) is 5.92 Å². The SMILES string of the molecule is CC(CS(=O)CC(=O)N(C)C)C(=O)O. The molecule has 0 aromatic rings. The zero-order valence-corrected chi connectivity index (χ0v) is 9.34. The van der Waals surface area contributed by atoms with Crippen LogP contribution in [0.5, 0.6) is 0 Å². The van der Waals surface area contributed by atoms with E-state index in [0.29, 0.717) is 0 Å². The van der Waals surface area contributed by atoms with E-state index in [1.807, 2.05) is 0 Å². The molecule has 0 bridgehead atoms. The van der Waals surface area contributed by atoms with Crippen LogP contribution < -0.4 is 0 Å². The monoisotopic (exact) mass is 221 g/mol. The van der Waals surface area contributed by atoms with E-state index in [0.717, 1.165) is 0 Å². The highest BCUT2D eigenvalue weighted by Gasteiger charge is 2.17. The highest BCUT2D eigenvalue weighted by molar-refractivity contribution is 7.85. The first-order valence-electron chi connectivity index (χ1n) is 4.12. The molecular formula is C8H15NO4S. The van der Waals surface area contributed by atoms with E-state index in [1.54, 1.807) is 14.1 Å². The Balaban J connectivity index is 3.99. The van der Waals surface area contributed by atoms with Crippen LogP contribution in [0.3, 0.4) is 0 Å². The highest BCUT2D eigenvalue weighted by Crippen LogP contribution is 1.99. The van der Waals surface area contributed by atoms with Crippen LogP contribution in [0, 0.1) is 5.92 Å². The van der Waals surface area contributed by atoms with Crippen LogP contribution in [-0.4, -0.2) is 51.7 Å². The molecular weight excluding hydrogens is 206 g/mol. The fraction of sp³-hybridized carbons (Fsp3) is 0.750.